The number of hydrogen-bond donors (Lipinski definition) is 1. The number of aryl methyl sites for hydroxylation is 1. The Morgan fingerprint density at radius 2 is 2.11 bits per heavy atom. The van der Waals surface area contributed by atoms with E-state index in [2.05, 4.69) is 10.1 Å². The molecule has 0 atom stereocenters. The molecule has 0 aliphatic heterocycles. The predicted octanol–water partition coefficient (Wildman–Crippen LogP) is 2.68. The lowest BCUT2D eigenvalue weighted by atomic mass is 10.2. The molecular formula is C13H17ClN2O3. The Labute approximate surface area is 117 Å². The standard InChI is InChI=1S/C13H17ClN2O3/c1-9-4-5-10(8-11(9)14)15-13(18)16(2)7-6-12(17)19-3/h4-5,8H,6-7H2,1-3H3,(H,15,18). The molecule has 0 bridgehead atoms. The number of rotatable bonds is 4. The Kier molecular flexibility index (Phi) is 5.63. The van der Waals surface area contributed by atoms with Crippen LogP contribution >= 0.6 is 11.6 Å². The summed E-state index contributed by atoms with van der Waals surface area (Å²) in [6.45, 7) is 2.18. The van der Waals surface area contributed by atoms with Gasteiger partial charge in [-0.1, -0.05) is 17.7 Å². The molecule has 0 aliphatic carbocycles. The summed E-state index contributed by atoms with van der Waals surface area (Å²) >= 11 is 5.97. The van der Waals surface area contributed by atoms with Crippen LogP contribution in [0.25, 0.3) is 0 Å². The van der Waals surface area contributed by atoms with Crippen LogP contribution in [0.15, 0.2) is 18.2 Å². The number of amides is 2. The van der Waals surface area contributed by atoms with Crippen LogP contribution in [0.3, 0.4) is 0 Å². The lowest BCUT2D eigenvalue weighted by Crippen LogP contribution is -2.33. The smallest absolute Gasteiger partial charge is 0.321 e. The van der Waals surface area contributed by atoms with E-state index in [9.17, 15) is 9.59 Å². The van der Waals surface area contributed by atoms with E-state index in [0.29, 0.717) is 10.7 Å². The predicted molar refractivity (Wildman–Crippen MR) is 74.5 cm³/mol. The Morgan fingerprint density at radius 3 is 2.68 bits per heavy atom. The number of nitrogens with zero attached hydrogens (tertiary/aromatic N) is 1. The summed E-state index contributed by atoms with van der Waals surface area (Å²) in [5.41, 5.74) is 1.56. The highest BCUT2D eigenvalue weighted by atomic mass is 35.5. The highest BCUT2D eigenvalue weighted by molar-refractivity contribution is 6.31. The molecule has 0 fully saturated rings. The summed E-state index contributed by atoms with van der Waals surface area (Å²) in [6, 6.07) is 4.98. The van der Waals surface area contributed by atoms with Crippen LogP contribution in [-0.4, -0.2) is 37.6 Å². The second kappa shape index (κ2) is 6.99. The number of carbonyl (C=O) groups is 2. The summed E-state index contributed by atoms with van der Waals surface area (Å²) < 4.78 is 4.51. The van der Waals surface area contributed by atoms with Crippen molar-refractivity contribution in [2.24, 2.45) is 0 Å². The molecule has 1 aromatic carbocycles. The maximum Gasteiger partial charge on any atom is 0.321 e. The molecular weight excluding hydrogens is 268 g/mol. The van der Waals surface area contributed by atoms with Crippen LogP contribution in [0.5, 0.6) is 0 Å². The van der Waals surface area contributed by atoms with Crippen LogP contribution in [-0.2, 0) is 9.53 Å². The number of benzene rings is 1. The first-order valence-electron chi connectivity index (χ1n) is 5.79. The van der Waals surface area contributed by atoms with Gasteiger partial charge in [-0.3, -0.25) is 4.79 Å². The minimum atomic E-state index is -0.349. The van der Waals surface area contributed by atoms with Crippen LogP contribution in [0, 0.1) is 6.92 Å². The van der Waals surface area contributed by atoms with E-state index in [1.54, 1.807) is 19.2 Å². The molecule has 104 valence electrons. The third-order valence-electron chi connectivity index (χ3n) is 2.65. The lowest BCUT2D eigenvalue weighted by Gasteiger charge is -2.17. The van der Waals surface area contributed by atoms with Crippen molar-refractivity contribution in [2.75, 3.05) is 26.0 Å². The van der Waals surface area contributed by atoms with Gasteiger partial charge in [0.2, 0.25) is 0 Å². The van der Waals surface area contributed by atoms with E-state index in [1.807, 2.05) is 13.0 Å². The maximum atomic E-state index is 11.8. The Balaban J connectivity index is 2.53. The highest BCUT2D eigenvalue weighted by Crippen LogP contribution is 2.20. The zero-order valence-electron chi connectivity index (χ0n) is 11.2. The van der Waals surface area contributed by atoms with Gasteiger partial charge in [-0.05, 0) is 24.6 Å². The van der Waals surface area contributed by atoms with Crippen LogP contribution < -0.4 is 5.32 Å². The summed E-state index contributed by atoms with van der Waals surface area (Å²) in [4.78, 5) is 24.2. The molecule has 0 unspecified atom stereocenters. The van der Waals surface area contributed by atoms with E-state index in [0.717, 1.165) is 5.56 Å². The number of halogens is 1. The van der Waals surface area contributed by atoms with Gasteiger partial charge in [-0.15, -0.1) is 0 Å². The average Bonchev–Trinajstić information content (AvgIpc) is 2.39. The van der Waals surface area contributed by atoms with Gasteiger partial charge in [0.05, 0.1) is 13.5 Å². The second-order valence-corrected chi connectivity index (χ2v) is 4.55. The monoisotopic (exact) mass is 284 g/mol. The van der Waals surface area contributed by atoms with Gasteiger partial charge in [0.15, 0.2) is 0 Å². The zero-order valence-corrected chi connectivity index (χ0v) is 12.0. The van der Waals surface area contributed by atoms with Gasteiger partial charge in [0.25, 0.3) is 0 Å². The summed E-state index contributed by atoms with van der Waals surface area (Å²) in [7, 11) is 2.92. The number of urea groups is 1. The van der Waals surface area contributed by atoms with Crippen LogP contribution in [0.4, 0.5) is 10.5 Å². The van der Waals surface area contributed by atoms with E-state index in [-0.39, 0.29) is 25.0 Å². The van der Waals surface area contributed by atoms with E-state index in [1.165, 1.54) is 12.0 Å². The quantitative estimate of drug-likeness (QED) is 0.865. The normalized spacial score (nSPS) is 9.89. The summed E-state index contributed by atoms with van der Waals surface area (Å²) in [5.74, 6) is -0.349. The van der Waals surface area contributed by atoms with E-state index < -0.39 is 0 Å². The van der Waals surface area contributed by atoms with Gasteiger partial charge in [0, 0.05) is 24.3 Å². The Hall–Kier alpha value is -1.75. The largest absolute Gasteiger partial charge is 0.469 e. The van der Waals surface area contributed by atoms with Crippen LogP contribution in [0.2, 0.25) is 5.02 Å². The minimum absolute atomic E-state index is 0.162. The van der Waals surface area contributed by atoms with E-state index in [4.69, 9.17) is 11.6 Å². The van der Waals surface area contributed by atoms with Crippen molar-refractivity contribution in [3.05, 3.63) is 28.8 Å². The number of ether oxygens (including phenoxy) is 1. The highest BCUT2D eigenvalue weighted by Gasteiger charge is 2.11. The number of methoxy groups -OCH3 is 1. The van der Waals surface area contributed by atoms with Crippen molar-refractivity contribution < 1.29 is 14.3 Å². The molecule has 0 heterocycles. The molecule has 0 saturated carbocycles. The number of carbonyl (C=O) groups excluding carboxylic acids is 2. The SMILES string of the molecule is COC(=O)CCN(C)C(=O)Nc1ccc(C)c(Cl)c1. The number of anilines is 1. The van der Waals surface area contributed by atoms with Crippen LogP contribution in [0.1, 0.15) is 12.0 Å². The van der Waals surface area contributed by atoms with Crippen molar-refractivity contribution >= 4 is 29.3 Å². The van der Waals surface area contributed by atoms with Gasteiger partial charge in [-0.25, -0.2) is 4.79 Å². The maximum absolute atomic E-state index is 11.8. The summed E-state index contributed by atoms with van der Waals surface area (Å²) in [5, 5.41) is 3.29. The summed E-state index contributed by atoms with van der Waals surface area (Å²) in [6.07, 6.45) is 0.162. The van der Waals surface area contributed by atoms with Crippen molar-refractivity contribution in [1.29, 1.82) is 0 Å². The molecule has 0 saturated heterocycles. The third-order valence-corrected chi connectivity index (χ3v) is 3.06. The molecule has 0 aromatic heterocycles. The molecule has 5 nitrogen and oxygen atoms in total. The topological polar surface area (TPSA) is 58.6 Å². The Morgan fingerprint density at radius 1 is 1.42 bits per heavy atom. The van der Waals surface area contributed by atoms with Crippen molar-refractivity contribution in [3.8, 4) is 0 Å². The number of nitrogens with one attached hydrogen (secondary N) is 1. The van der Waals surface area contributed by atoms with Crippen molar-refractivity contribution in [3.63, 3.8) is 0 Å². The van der Waals surface area contributed by atoms with Crippen molar-refractivity contribution in [1.82, 2.24) is 4.90 Å². The first-order chi connectivity index (χ1) is 8.93. The molecule has 0 radical (unpaired) electrons. The van der Waals surface area contributed by atoms with Gasteiger partial charge in [0.1, 0.15) is 0 Å². The fourth-order valence-electron chi connectivity index (χ4n) is 1.35. The number of esters is 1. The first kappa shape index (κ1) is 15.3. The van der Waals surface area contributed by atoms with Crippen molar-refractivity contribution in [2.45, 2.75) is 13.3 Å². The Bertz CT molecular complexity index is 477. The molecule has 0 spiro atoms. The van der Waals surface area contributed by atoms with E-state index >= 15 is 0 Å². The van der Waals surface area contributed by atoms with Gasteiger partial charge in [-0.2, -0.15) is 0 Å². The molecule has 1 rings (SSSR count). The third kappa shape index (κ3) is 4.79. The number of hydrogen-bond acceptors (Lipinski definition) is 3. The molecule has 0 aliphatic rings. The molecule has 1 N–H and O–H groups in total. The van der Waals surface area contributed by atoms with Gasteiger partial charge < -0.3 is 15.0 Å². The van der Waals surface area contributed by atoms with Gasteiger partial charge >= 0.3 is 12.0 Å². The first-order valence-corrected chi connectivity index (χ1v) is 6.17. The second-order valence-electron chi connectivity index (χ2n) is 4.14. The molecule has 2 amide bonds. The zero-order chi connectivity index (χ0) is 14.4. The molecule has 6 heteroatoms. The molecule has 19 heavy (non-hydrogen) atoms. The minimum Gasteiger partial charge on any atom is -0.469 e. The molecule has 1 aromatic rings. The fraction of sp³-hybridized carbons (Fsp3) is 0.385. The fourth-order valence-corrected chi connectivity index (χ4v) is 1.53. The lowest BCUT2D eigenvalue weighted by molar-refractivity contribution is -0.140. The average molecular weight is 285 g/mol.